The molecule has 2 rings (SSSR count). The molecule has 0 aliphatic carbocycles. The zero-order valence-corrected chi connectivity index (χ0v) is 11.8. The van der Waals surface area contributed by atoms with Crippen molar-refractivity contribution in [2.45, 2.75) is 32.0 Å². The number of amides is 1. The fourth-order valence-corrected chi connectivity index (χ4v) is 2.60. The zero-order chi connectivity index (χ0) is 15.8. The van der Waals surface area contributed by atoms with E-state index in [1.165, 1.54) is 7.11 Å². The number of hydrogen-bond donors (Lipinski definition) is 0. The van der Waals surface area contributed by atoms with Crippen molar-refractivity contribution in [1.29, 1.82) is 0 Å². The SMILES string of the molecule is C=C1Cc2ccc(OC)cc2CC(C)N1C(=O)C(F)(F)F. The summed E-state index contributed by atoms with van der Waals surface area (Å²) in [5.74, 6) is -1.22. The van der Waals surface area contributed by atoms with E-state index in [-0.39, 0.29) is 12.1 Å². The maximum absolute atomic E-state index is 12.7. The highest BCUT2D eigenvalue weighted by atomic mass is 19.4. The summed E-state index contributed by atoms with van der Waals surface area (Å²) in [5, 5.41) is 0. The van der Waals surface area contributed by atoms with Gasteiger partial charge in [-0.2, -0.15) is 13.2 Å². The molecule has 1 aliphatic rings. The Kier molecular flexibility index (Phi) is 3.98. The van der Waals surface area contributed by atoms with Crippen LogP contribution in [0.5, 0.6) is 5.75 Å². The van der Waals surface area contributed by atoms with Gasteiger partial charge in [-0.25, -0.2) is 0 Å². The Labute approximate surface area is 121 Å². The Morgan fingerprint density at radius 2 is 2.05 bits per heavy atom. The molecular weight excluding hydrogens is 283 g/mol. The predicted octanol–water partition coefficient (Wildman–Crippen LogP) is 3.09. The summed E-state index contributed by atoms with van der Waals surface area (Å²) in [6.45, 7) is 5.24. The normalized spacial score (nSPS) is 19.0. The molecule has 0 aromatic heterocycles. The van der Waals surface area contributed by atoms with Crippen LogP contribution in [0.2, 0.25) is 0 Å². The molecule has 1 atom stereocenters. The summed E-state index contributed by atoms with van der Waals surface area (Å²) < 4.78 is 43.3. The molecule has 21 heavy (non-hydrogen) atoms. The number of benzene rings is 1. The molecule has 0 fully saturated rings. The van der Waals surface area contributed by atoms with Gasteiger partial charge in [0.2, 0.25) is 0 Å². The molecule has 3 nitrogen and oxygen atoms in total. The van der Waals surface area contributed by atoms with E-state index in [4.69, 9.17) is 4.74 Å². The first-order chi connectivity index (χ1) is 9.74. The average Bonchev–Trinajstić information content (AvgIpc) is 2.51. The highest BCUT2D eigenvalue weighted by molar-refractivity contribution is 5.84. The zero-order valence-electron chi connectivity index (χ0n) is 11.8. The lowest BCUT2D eigenvalue weighted by Gasteiger charge is -2.29. The fourth-order valence-electron chi connectivity index (χ4n) is 2.60. The maximum atomic E-state index is 12.7. The number of ether oxygens (including phenoxy) is 1. The van der Waals surface area contributed by atoms with Crippen LogP contribution in [0.4, 0.5) is 13.2 Å². The number of halogens is 3. The van der Waals surface area contributed by atoms with Crippen molar-refractivity contribution in [2.75, 3.05) is 7.11 Å². The van der Waals surface area contributed by atoms with Crippen molar-refractivity contribution in [3.8, 4) is 5.75 Å². The van der Waals surface area contributed by atoms with Crippen LogP contribution in [0.15, 0.2) is 30.5 Å². The van der Waals surface area contributed by atoms with Gasteiger partial charge in [0.15, 0.2) is 0 Å². The molecule has 1 unspecified atom stereocenters. The second-order valence-corrected chi connectivity index (χ2v) is 5.10. The topological polar surface area (TPSA) is 29.5 Å². The van der Waals surface area contributed by atoms with Gasteiger partial charge in [0.05, 0.1) is 7.11 Å². The van der Waals surface area contributed by atoms with Gasteiger partial charge < -0.3 is 9.64 Å². The van der Waals surface area contributed by atoms with Crippen molar-refractivity contribution in [1.82, 2.24) is 4.90 Å². The molecule has 114 valence electrons. The second-order valence-electron chi connectivity index (χ2n) is 5.10. The molecule has 0 spiro atoms. The third-order valence-electron chi connectivity index (χ3n) is 3.57. The molecule has 0 saturated carbocycles. The smallest absolute Gasteiger partial charge is 0.471 e. The largest absolute Gasteiger partial charge is 0.497 e. The third-order valence-corrected chi connectivity index (χ3v) is 3.57. The Balaban J connectivity index is 2.37. The number of rotatable bonds is 1. The third kappa shape index (κ3) is 3.04. The first-order valence-corrected chi connectivity index (χ1v) is 6.48. The van der Waals surface area contributed by atoms with Crippen LogP contribution in [0, 0.1) is 0 Å². The number of carbonyl (C=O) groups excluding carboxylic acids is 1. The van der Waals surface area contributed by atoms with Gasteiger partial charge in [0.1, 0.15) is 5.75 Å². The van der Waals surface area contributed by atoms with Gasteiger partial charge in [-0.05, 0) is 36.6 Å². The molecule has 0 bridgehead atoms. The molecule has 0 N–H and O–H groups in total. The van der Waals surface area contributed by atoms with E-state index in [2.05, 4.69) is 6.58 Å². The van der Waals surface area contributed by atoms with Gasteiger partial charge in [-0.3, -0.25) is 4.79 Å². The van der Waals surface area contributed by atoms with Crippen molar-refractivity contribution in [3.05, 3.63) is 41.6 Å². The van der Waals surface area contributed by atoms with Gasteiger partial charge in [-0.1, -0.05) is 12.6 Å². The number of nitrogens with zero attached hydrogens (tertiary/aromatic N) is 1. The summed E-state index contributed by atoms with van der Waals surface area (Å²) in [6.07, 6.45) is -4.36. The lowest BCUT2D eigenvalue weighted by Crippen LogP contribution is -2.45. The minimum Gasteiger partial charge on any atom is -0.497 e. The number of hydrogen-bond acceptors (Lipinski definition) is 2. The number of alkyl halides is 3. The molecule has 0 saturated heterocycles. The van der Waals surface area contributed by atoms with Crippen molar-refractivity contribution in [2.24, 2.45) is 0 Å². The summed E-state index contributed by atoms with van der Waals surface area (Å²) in [7, 11) is 1.53. The standard InChI is InChI=1S/C15H16F3NO2/c1-9-6-11-4-5-13(21-3)8-12(11)7-10(2)19(9)14(20)15(16,17)18/h4-5,8,10H,1,6-7H2,2-3H3. The Morgan fingerprint density at radius 1 is 1.38 bits per heavy atom. The van der Waals surface area contributed by atoms with E-state index in [9.17, 15) is 18.0 Å². The van der Waals surface area contributed by atoms with Gasteiger partial charge in [0, 0.05) is 18.2 Å². The van der Waals surface area contributed by atoms with Crippen molar-refractivity contribution < 1.29 is 22.7 Å². The van der Waals surface area contributed by atoms with E-state index in [0.717, 1.165) is 16.0 Å². The first-order valence-electron chi connectivity index (χ1n) is 6.48. The van der Waals surface area contributed by atoms with Crippen LogP contribution in [0.3, 0.4) is 0 Å². The summed E-state index contributed by atoms with van der Waals surface area (Å²) in [4.78, 5) is 12.3. The highest BCUT2D eigenvalue weighted by Crippen LogP contribution is 2.31. The Hall–Kier alpha value is -1.98. The van der Waals surface area contributed by atoms with Crippen molar-refractivity contribution in [3.63, 3.8) is 0 Å². The molecule has 0 radical (unpaired) electrons. The quantitative estimate of drug-likeness (QED) is 0.797. The summed E-state index contributed by atoms with van der Waals surface area (Å²) >= 11 is 0. The van der Waals surface area contributed by atoms with Crippen LogP contribution in [0.1, 0.15) is 18.1 Å². The van der Waals surface area contributed by atoms with E-state index in [1.807, 2.05) is 0 Å². The molecule has 1 aromatic rings. The molecule has 1 aromatic carbocycles. The maximum Gasteiger partial charge on any atom is 0.471 e. The Morgan fingerprint density at radius 3 is 2.62 bits per heavy atom. The summed E-state index contributed by atoms with van der Waals surface area (Å²) in [5.41, 5.74) is 1.90. The lowest BCUT2D eigenvalue weighted by molar-refractivity contribution is -0.185. The van der Waals surface area contributed by atoms with Crippen molar-refractivity contribution >= 4 is 5.91 Å². The van der Waals surface area contributed by atoms with E-state index in [1.54, 1.807) is 25.1 Å². The minimum absolute atomic E-state index is 0.161. The minimum atomic E-state index is -4.90. The van der Waals surface area contributed by atoms with Crippen LogP contribution < -0.4 is 4.74 Å². The lowest BCUT2D eigenvalue weighted by atomic mass is 10.0. The van der Waals surface area contributed by atoms with E-state index < -0.39 is 18.1 Å². The van der Waals surface area contributed by atoms with Gasteiger partial charge in [0.25, 0.3) is 0 Å². The van der Waals surface area contributed by atoms with E-state index >= 15 is 0 Å². The van der Waals surface area contributed by atoms with Gasteiger partial charge in [-0.15, -0.1) is 0 Å². The number of fused-ring (bicyclic) bond motifs is 1. The van der Waals surface area contributed by atoms with E-state index in [0.29, 0.717) is 12.2 Å². The van der Waals surface area contributed by atoms with Crippen LogP contribution in [-0.2, 0) is 17.6 Å². The average molecular weight is 299 g/mol. The number of methoxy groups -OCH3 is 1. The second kappa shape index (κ2) is 5.42. The number of carbonyl (C=O) groups is 1. The molecule has 1 aliphatic heterocycles. The first kappa shape index (κ1) is 15.4. The highest BCUT2D eigenvalue weighted by Gasteiger charge is 2.45. The monoisotopic (exact) mass is 299 g/mol. The fraction of sp³-hybridized carbons (Fsp3) is 0.400. The molecule has 1 amide bonds. The van der Waals surface area contributed by atoms with Crippen LogP contribution in [0.25, 0.3) is 0 Å². The van der Waals surface area contributed by atoms with Gasteiger partial charge >= 0.3 is 12.1 Å². The predicted molar refractivity (Wildman–Crippen MR) is 71.9 cm³/mol. The van der Waals surface area contributed by atoms with Crippen LogP contribution in [-0.4, -0.2) is 30.1 Å². The molecule has 1 heterocycles. The molecule has 6 heteroatoms. The summed E-state index contributed by atoms with van der Waals surface area (Å²) in [6, 6.07) is 4.73. The Bertz CT molecular complexity index is 581. The number of allylic oxidation sites excluding steroid dienone is 1. The van der Waals surface area contributed by atoms with Crippen LogP contribution >= 0.6 is 0 Å². The molecular formula is C15H16F3NO2.